The van der Waals surface area contributed by atoms with Crippen LogP contribution in [0.2, 0.25) is 0 Å². The van der Waals surface area contributed by atoms with Gasteiger partial charge in [0, 0.05) is 31.7 Å². The summed E-state index contributed by atoms with van der Waals surface area (Å²) < 4.78 is 5.35. The van der Waals surface area contributed by atoms with E-state index in [1.54, 1.807) is 19.5 Å². The molecule has 0 saturated carbocycles. The van der Waals surface area contributed by atoms with Crippen molar-refractivity contribution in [2.45, 2.75) is 13.5 Å². The van der Waals surface area contributed by atoms with Crippen molar-refractivity contribution in [2.24, 2.45) is 0 Å². The molecule has 0 bridgehead atoms. The Balaban J connectivity index is 1.79. The first-order chi connectivity index (χ1) is 10.3. The summed E-state index contributed by atoms with van der Waals surface area (Å²) in [4.78, 5) is 8.74. The second-order valence-corrected chi connectivity index (χ2v) is 4.93. The van der Waals surface area contributed by atoms with Crippen LogP contribution in [0.5, 0.6) is 0 Å². The third-order valence-corrected chi connectivity index (χ3v) is 3.44. The lowest BCUT2D eigenvalue weighted by atomic mass is 10.1. The van der Waals surface area contributed by atoms with Gasteiger partial charge in [0.2, 0.25) is 0 Å². The Labute approximate surface area is 123 Å². The van der Waals surface area contributed by atoms with Crippen LogP contribution in [0.3, 0.4) is 0 Å². The molecule has 1 aliphatic heterocycles. The number of fused-ring (bicyclic) bond motifs is 1. The molecule has 0 atom stereocenters. The minimum absolute atomic E-state index is 0.710. The van der Waals surface area contributed by atoms with Crippen molar-refractivity contribution in [1.82, 2.24) is 20.6 Å². The van der Waals surface area contributed by atoms with Crippen LogP contribution in [0.1, 0.15) is 11.1 Å². The smallest absolute Gasteiger partial charge is 0.141 e. The molecular formula is C16H18N4O. The van der Waals surface area contributed by atoms with Crippen LogP contribution in [0.4, 0.5) is 0 Å². The molecule has 2 heterocycles. The third kappa shape index (κ3) is 2.81. The fourth-order valence-corrected chi connectivity index (χ4v) is 2.45. The molecule has 5 nitrogen and oxygen atoms in total. The molecule has 0 amide bonds. The molecule has 0 radical (unpaired) electrons. The summed E-state index contributed by atoms with van der Waals surface area (Å²) in [6.45, 7) is 3.56. The van der Waals surface area contributed by atoms with E-state index < -0.39 is 0 Å². The van der Waals surface area contributed by atoms with Crippen LogP contribution in [0.15, 0.2) is 48.3 Å². The zero-order valence-corrected chi connectivity index (χ0v) is 12.2. The summed E-state index contributed by atoms with van der Waals surface area (Å²) in [5.74, 6) is 0.867. The van der Waals surface area contributed by atoms with E-state index in [1.807, 2.05) is 12.3 Å². The van der Waals surface area contributed by atoms with Gasteiger partial charge in [-0.05, 0) is 30.2 Å². The largest absolute Gasteiger partial charge is 0.495 e. The molecule has 108 valence electrons. The highest BCUT2D eigenvalue weighted by molar-refractivity contribution is 5.78. The summed E-state index contributed by atoms with van der Waals surface area (Å²) in [5, 5.41) is 6.56. The van der Waals surface area contributed by atoms with Gasteiger partial charge in [0.15, 0.2) is 0 Å². The van der Waals surface area contributed by atoms with Gasteiger partial charge in [-0.3, -0.25) is 9.97 Å². The Hall–Kier alpha value is -2.56. The van der Waals surface area contributed by atoms with Crippen LogP contribution in [-0.4, -0.2) is 23.6 Å². The standard InChI is InChI=1S/C16H18N4O/c1-11-7-12(8-13-16(11)19-6-5-18-13)9-20-14-10-17-4-3-15(14)21-2/h3,5-8,10,17,20H,4,9H2,1-2H3. The number of aryl methyl sites for hydroxylation is 1. The molecule has 0 aliphatic carbocycles. The first-order valence-electron chi connectivity index (χ1n) is 6.90. The second-order valence-electron chi connectivity index (χ2n) is 4.93. The van der Waals surface area contributed by atoms with Crippen LogP contribution in [-0.2, 0) is 11.3 Å². The first-order valence-corrected chi connectivity index (χ1v) is 6.90. The van der Waals surface area contributed by atoms with E-state index in [0.717, 1.165) is 34.6 Å². The van der Waals surface area contributed by atoms with Gasteiger partial charge < -0.3 is 15.4 Å². The van der Waals surface area contributed by atoms with E-state index in [4.69, 9.17) is 4.74 Å². The molecule has 2 aromatic rings. The van der Waals surface area contributed by atoms with E-state index in [2.05, 4.69) is 39.7 Å². The number of ether oxygens (including phenoxy) is 1. The van der Waals surface area contributed by atoms with E-state index >= 15 is 0 Å². The Morgan fingerprint density at radius 2 is 2.14 bits per heavy atom. The highest BCUT2D eigenvalue weighted by atomic mass is 16.5. The lowest BCUT2D eigenvalue weighted by Crippen LogP contribution is -2.23. The number of nitrogens with one attached hydrogen (secondary N) is 2. The molecule has 2 N–H and O–H groups in total. The molecular weight excluding hydrogens is 264 g/mol. The maximum Gasteiger partial charge on any atom is 0.141 e. The van der Waals surface area contributed by atoms with E-state index in [0.29, 0.717) is 6.54 Å². The number of aromatic nitrogens is 2. The van der Waals surface area contributed by atoms with Crippen molar-refractivity contribution < 1.29 is 4.74 Å². The van der Waals surface area contributed by atoms with Gasteiger partial charge in [0.25, 0.3) is 0 Å². The van der Waals surface area contributed by atoms with E-state index in [1.165, 1.54) is 5.56 Å². The zero-order chi connectivity index (χ0) is 14.7. The van der Waals surface area contributed by atoms with Gasteiger partial charge in [-0.1, -0.05) is 6.07 Å². The molecule has 0 spiro atoms. The summed E-state index contributed by atoms with van der Waals surface area (Å²) in [6.07, 6.45) is 7.39. The van der Waals surface area contributed by atoms with Crippen molar-refractivity contribution in [1.29, 1.82) is 0 Å². The summed E-state index contributed by atoms with van der Waals surface area (Å²) >= 11 is 0. The highest BCUT2D eigenvalue weighted by Crippen LogP contribution is 2.17. The fourth-order valence-electron chi connectivity index (χ4n) is 2.45. The minimum atomic E-state index is 0.710. The topological polar surface area (TPSA) is 59.1 Å². The zero-order valence-electron chi connectivity index (χ0n) is 12.2. The highest BCUT2D eigenvalue weighted by Gasteiger charge is 2.09. The van der Waals surface area contributed by atoms with Gasteiger partial charge >= 0.3 is 0 Å². The van der Waals surface area contributed by atoms with Crippen LogP contribution < -0.4 is 10.6 Å². The molecule has 1 aromatic carbocycles. The van der Waals surface area contributed by atoms with Crippen molar-refractivity contribution in [3.05, 3.63) is 59.4 Å². The molecule has 5 heteroatoms. The third-order valence-electron chi connectivity index (χ3n) is 3.44. The predicted octanol–water partition coefficient (Wildman–Crippen LogP) is 2.00. The number of methoxy groups -OCH3 is 1. The Morgan fingerprint density at radius 3 is 3.00 bits per heavy atom. The summed E-state index contributed by atoms with van der Waals surface area (Å²) in [6, 6.07) is 4.20. The Kier molecular flexibility index (Phi) is 3.73. The normalized spacial score (nSPS) is 14.2. The second kappa shape index (κ2) is 5.83. The number of dihydropyridines is 1. The number of rotatable bonds is 4. The molecule has 1 aromatic heterocycles. The predicted molar refractivity (Wildman–Crippen MR) is 82.3 cm³/mol. The van der Waals surface area contributed by atoms with E-state index in [-0.39, 0.29) is 0 Å². The maximum absolute atomic E-state index is 5.35. The van der Waals surface area contributed by atoms with Crippen molar-refractivity contribution in [2.75, 3.05) is 13.7 Å². The van der Waals surface area contributed by atoms with Crippen molar-refractivity contribution >= 4 is 11.0 Å². The molecule has 3 rings (SSSR count). The van der Waals surface area contributed by atoms with Gasteiger partial charge in [-0.2, -0.15) is 0 Å². The van der Waals surface area contributed by atoms with Gasteiger partial charge in [-0.25, -0.2) is 0 Å². The van der Waals surface area contributed by atoms with Crippen molar-refractivity contribution in [3.63, 3.8) is 0 Å². The Morgan fingerprint density at radius 1 is 1.29 bits per heavy atom. The molecule has 21 heavy (non-hydrogen) atoms. The number of nitrogens with zero attached hydrogens (tertiary/aromatic N) is 2. The lowest BCUT2D eigenvalue weighted by molar-refractivity contribution is 0.291. The summed E-state index contributed by atoms with van der Waals surface area (Å²) in [5.41, 5.74) is 5.14. The lowest BCUT2D eigenvalue weighted by Gasteiger charge is -2.18. The minimum Gasteiger partial charge on any atom is -0.495 e. The van der Waals surface area contributed by atoms with Gasteiger partial charge in [0.05, 0.1) is 23.8 Å². The number of benzene rings is 1. The SMILES string of the molecule is COC1=CCNC=C1NCc1cc(C)c2nccnc2c1. The van der Waals surface area contributed by atoms with Crippen LogP contribution in [0, 0.1) is 6.92 Å². The maximum atomic E-state index is 5.35. The van der Waals surface area contributed by atoms with Crippen LogP contribution in [0.25, 0.3) is 11.0 Å². The molecule has 0 saturated heterocycles. The number of hydrogen-bond acceptors (Lipinski definition) is 5. The summed E-state index contributed by atoms with van der Waals surface area (Å²) in [7, 11) is 1.68. The molecule has 1 aliphatic rings. The fraction of sp³-hybridized carbons (Fsp3) is 0.250. The van der Waals surface area contributed by atoms with E-state index in [9.17, 15) is 0 Å². The average molecular weight is 282 g/mol. The first kappa shape index (κ1) is 13.4. The number of hydrogen-bond donors (Lipinski definition) is 2. The van der Waals surface area contributed by atoms with Gasteiger partial charge in [-0.15, -0.1) is 0 Å². The van der Waals surface area contributed by atoms with Crippen LogP contribution >= 0.6 is 0 Å². The monoisotopic (exact) mass is 282 g/mol. The molecule has 0 fully saturated rings. The Bertz CT molecular complexity index is 721. The van der Waals surface area contributed by atoms with Crippen molar-refractivity contribution in [3.8, 4) is 0 Å². The quantitative estimate of drug-likeness (QED) is 0.898. The van der Waals surface area contributed by atoms with Gasteiger partial charge in [0.1, 0.15) is 5.76 Å². The average Bonchev–Trinajstić information content (AvgIpc) is 2.53. The molecule has 0 unspecified atom stereocenters.